The van der Waals surface area contributed by atoms with Crippen LogP contribution in [0.25, 0.3) is 0 Å². The molecule has 4 heteroatoms. The van der Waals surface area contributed by atoms with Crippen molar-refractivity contribution in [1.29, 1.82) is 0 Å². The molecule has 0 aromatic rings. The average Bonchev–Trinajstić information content (AvgIpc) is 2.19. The Balaban J connectivity index is 2.69. The molecule has 0 aliphatic carbocycles. The lowest BCUT2D eigenvalue weighted by molar-refractivity contribution is -0.153. The number of piperidine rings is 1. The molecule has 0 aromatic heterocycles. The number of nitrogens with two attached hydrogens (primary N) is 1. The molecule has 1 fully saturated rings. The van der Waals surface area contributed by atoms with E-state index in [9.17, 15) is 4.79 Å². The van der Waals surface area contributed by atoms with Crippen molar-refractivity contribution in [2.75, 3.05) is 13.1 Å². The highest BCUT2D eigenvalue weighted by atomic mass is 16.4. The Morgan fingerprint density at radius 2 is 2.00 bits per heavy atom. The lowest BCUT2D eigenvalue weighted by Crippen LogP contribution is -2.62. The Labute approximate surface area is 85.1 Å². The first-order valence-electron chi connectivity index (χ1n) is 5.38. The summed E-state index contributed by atoms with van der Waals surface area (Å²) in [6, 6.07) is 0. The maximum Gasteiger partial charge on any atom is 0.338 e. The van der Waals surface area contributed by atoms with E-state index in [0.717, 1.165) is 32.4 Å². The second kappa shape index (κ2) is 4.75. The maximum absolute atomic E-state index is 11.1. The van der Waals surface area contributed by atoms with Gasteiger partial charge in [-0.05, 0) is 19.3 Å². The summed E-state index contributed by atoms with van der Waals surface area (Å²) in [5.74, 6) is -0.888. The van der Waals surface area contributed by atoms with E-state index in [2.05, 4.69) is 0 Å². The largest absolute Gasteiger partial charge is 0.479 e. The van der Waals surface area contributed by atoms with Crippen LogP contribution in [0.3, 0.4) is 0 Å². The van der Waals surface area contributed by atoms with Crippen molar-refractivity contribution in [3.05, 3.63) is 0 Å². The number of nitrogens with zero attached hydrogens (tertiary/aromatic N) is 1. The van der Waals surface area contributed by atoms with Crippen molar-refractivity contribution < 1.29 is 9.90 Å². The number of likely N-dealkylation sites (tertiary alicyclic amines) is 1. The van der Waals surface area contributed by atoms with Crippen LogP contribution in [0.4, 0.5) is 0 Å². The van der Waals surface area contributed by atoms with Gasteiger partial charge in [-0.2, -0.15) is 0 Å². The molecule has 1 saturated heterocycles. The van der Waals surface area contributed by atoms with Gasteiger partial charge in [0.1, 0.15) is 0 Å². The minimum atomic E-state index is -1.13. The van der Waals surface area contributed by atoms with Gasteiger partial charge in [-0.25, -0.2) is 4.79 Å². The molecular weight excluding hydrogens is 180 g/mol. The second-order valence-electron chi connectivity index (χ2n) is 4.03. The Bertz CT molecular complexity index is 202. The monoisotopic (exact) mass is 200 g/mol. The van der Waals surface area contributed by atoms with Crippen molar-refractivity contribution in [2.45, 2.75) is 44.7 Å². The molecule has 4 nitrogen and oxygen atoms in total. The van der Waals surface area contributed by atoms with E-state index in [1.54, 1.807) is 0 Å². The molecule has 0 radical (unpaired) electrons. The second-order valence-corrected chi connectivity index (χ2v) is 4.03. The van der Waals surface area contributed by atoms with Crippen LogP contribution >= 0.6 is 0 Å². The van der Waals surface area contributed by atoms with Crippen molar-refractivity contribution in [1.82, 2.24) is 4.90 Å². The maximum atomic E-state index is 11.1. The van der Waals surface area contributed by atoms with Crippen LogP contribution in [0, 0.1) is 0 Å². The van der Waals surface area contributed by atoms with Crippen molar-refractivity contribution in [2.24, 2.45) is 5.73 Å². The van der Waals surface area contributed by atoms with Gasteiger partial charge in [-0.3, -0.25) is 4.90 Å². The lowest BCUT2D eigenvalue weighted by atomic mass is 9.99. The molecule has 1 rings (SSSR count). The summed E-state index contributed by atoms with van der Waals surface area (Å²) < 4.78 is 0. The first-order valence-corrected chi connectivity index (χ1v) is 5.38. The third-order valence-corrected chi connectivity index (χ3v) is 2.92. The van der Waals surface area contributed by atoms with Crippen LogP contribution in [-0.2, 0) is 4.79 Å². The van der Waals surface area contributed by atoms with Gasteiger partial charge in [0.25, 0.3) is 0 Å². The number of rotatable bonds is 4. The fourth-order valence-corrected chi connectivity index (χ4v) is 2.07. The van der Waals surface area contributed by atoms with E-state index in [0.29, 0.717) is 6.42 Å². The van der Waals surface area contributed by atoms with Crippen LogP contribution in [-0.4, -0.2) is 34.7 Å². The zero-order chi connectivity index (χ0) is 10.6. The number of carboxylic acid groups (broad SMARTS) is 1. The van der Waals surface area contributed by atoms with E-state index < -0.39 is 11.6 Å². The van der Waals surface area contributed by atoms with E-state index in [4.69, 9.17) is 10.8 Å². The number of aliphatic carboxylic acids is 1. The molecule has 1 atom stereocenters. The minimum absolute atomic E-state index is 0.530. The summed E-state index contributed by atoms with van der Waals surface area (Å²) in [6.07, 6.45) is 4.66. The van der Waals surface area contributed by atoms with Gasteiger partial charge in [0.05, 0.1) is 0 Å². The van der Waals surface area contributed by atoms with Crippen LogP contribution in [0.5, 0.6) is 0 Å². The smallest absolute Gasteiger partial charge is 0.338 e. The Morgan fingerprint density at radius 1 is 1.43 bits per heavy atom. The van der Waals surface area contributed by atoms with Gasteiger partial charge >= 0.3 is 5.97 Å². The number of carbonyl (C=O) groups is 1. The van der Waals surface area contributed by atoms with Crippen molar-refractivity contribution >= 4 is 5.97 Å². The third-order valence-electron chi connectivity index (χ3n) is 2.92. The SMILES string of the molecule is CCCC(N)(C(=O)O)N1CCCCC1. The highest BCUT2D eigenvalue weighted by molar-refractivity contribution is 5.77. The van der Waals surface area contributed by atoms with Gasteiger partial charge in [-0.1, -0.05) is 19.8 Å². The molecule has 82 valence electrons. The summed E-state index contributed by atoms with van der Waals surface area (Å²) in [5.41, 5.74) is 4.82. The molecule has 0 aromatic carbocycles. The third kappa shape index (κ3) is 2.25. The average molecular weight is 200 g/mol. The predicted octanol–water partition coefficient (Wildman–Crippen LogP) is 1.01. The Hall–Kier alpha value is -0.610. The standard InChI is InChI=1S/C10H20N2O2/c1-2-6-10(11,9(13)14)12-7-4-3-5-8-12/h2-8,11H2,1H3,(H,13,14). The predicted molar refractivity (Wildman–Crippen MR) is 54.9 cm³/mol. The first-order chi connectivity index (χ1) is 6.61. The first kappa shape index (κ1) is 11.5. The van der Waals surface area contributed by atoms with Gasteiger partial charge in [0.2, 0.25) is 0 Å². The summed E-state index contributed by atoms with van der Waals surface area (Å²) in [7, 11) is 0. The normalized spacial score (nSPS) is 23.0. The van der Waals surface area contributed by atoms with Gasteiger partial charge in [-0.15, -0.1) is 0 Å². The topological polar surface area (TPSA) is 66.6 Å². The molecular formula is C10H20N2O2. The molecule has 14 heavy (non-hydrogen) atoms. The molecule has 1 heterocycles. The Kier molecular flexibility index (Phi) is 3.89. The minimum Gasteiger partial charge on any atom is -0.479 e. The number of carboxylic acids is 1. The van der Waals surface area contributed by atoms with Gasteiger partial charge in [0.15, 0.2) is 5.66 Å². The Morgan fingerprint density at radius 3 is 2.43 bits per heavy atom. The quantitative estimate of drug-likeness (QED) is 0.711. The van der Waals surface area contributed by atoms with Crippen LogP contribution in [0.2, 0.25) is 0 Å². The van der Waals surface area contributed by atoms with Crippen LogP contribution in [0.15, 0.2) is 0 Å². The van der Waals surface area contributed by atoms with E-state index in [-0.39, 0.29) is 0 Å². The molecule has 0 bridgehead atoms. The summed E-state index contributed by atoms with van der Waals surface area (Å²) in [6.45, 7) is 3.61. The van der Waals surface area contributed by atoms with Crippen LogP contribution in [0.1, 0.15) is 39.0 Å². The van der Waals surface area contributed by atoms with E-state index >= 15 is 0 Å². The highest BCUT2D eigenvalue weighted by Crippen LogP contribution is 2.21. The molecule has 0 saturated carbocycles. The zero-order valence-electron chi connectivity index (χ0n) is 8.83. The van der Waals surface area contributed by atoms with Gasteiger partial charge < -0.3 is 10.8 Å². The van der Waals surface area contributed by atoms with E-state index in [1.807, 2.05) is 11.8 Å². The summed E-state index contributed by atoms with van der Waals surface area (Å²) in [5, 5.41) is 9.15. The fraction of sp³-hybridized carbons (Fsp3) is 0.900. The fourth-order valence-electron chi connectivity index (χ4n) is 2.07. The highest BCUT2D eigenvalue weighted by Gasteiger charge is 2.39. The molecule has 0 spiro atoms. The van der Waals surface area contributed by atoms with Crippen molar-refractivity contribution in [3.8, 4) is 0 Å². The molecule has 1 unspecified atom stereocenters. The summed E-state index contributed by atoms with van der Waals surface area (Å²) >= 11 is 0. The summed E-state index contributed by atoms with van der Waals surface area (Å²) in [4.78, 5) is 13.1. The number of hydrogen-bond donors (Lipinski definition) is 2. The zero-order valence-corrected chi connectivity index (χ0v) is 8.83. The van der Waals surface area contributed by atoms with E-state index in [1.165, 1.54) is 6.42 Å². The lowest BCUT2D eigenvalue weighted by Gasteiger charge is -2.39. The number of hydrogen-bond acceptors (Lipinski definition) is 3. The van der Waals surface area contributed by atoms with Crippen LogP contribution < -0.4 is 5.73 Å². The van der Waals surface area contributed by atoms with Crippen molar-refractivity contribution in [3.63, 3.8) is 0 Å². The molecule has 1 aliphatic heterocycles. The molecule has 0 amide bonds. The van der Waals surface area contributed by atoms with Gasteiger partial charge in [0, 0.05) is 13.1 Å². The molecule has 3 N–H and O–H groups in total. The molecule has 1 aliphatic rings.